The van der Waals surface area contributed by atoms with Crippen LogP contribution in [0.25, 0.3) is 0 Å². The summed E-state index contributed by atoms with van der Waals surface area (Å²) in [6.07, 6.45) is 1.28. The van der Waals surface area contributed by atoms with Crippen LogP contribution in [0.3, 0.4) is 0 Å². The van der Waals surface area contributed by atoms with Crippen molar-refractivity contribution < 1.29 is 14.3 Å². The van der Waals surface area contributed by atoms with Gasteiger partial charge in [0.2, 0.25) is 5.91 Å². The summed E-state index contributed by atoms with van der Waals surface area (Å²) in [5.74, 6) is -0.345. The van der Waals surface area contributed by atoms with Crippen molar-refractivity contribution in [1.29, 1.82) is 0 Å². The van der Waals surface area contributed by atoms with Crippen LogP contribution < -0.4 is 5.32 Å². The minimum atomic E-state index is -0.518. The average molecular weight is 407 g/mol. The minimum Gasteiger partial charge on any atom is -0.445 e. The standard InChI is InChI=1S/C25H30N2O3/c1-5-20-21(23(28)27(20)16-18-12-8-6-9-13-18)22(25(2,3)4)26-24(29)30-17-19-14-10-7-11-15-19/h5-15,20-22H,1,16-17H2,2-4H3,(H,26,29)/t20-,21+,22+/m0/s1. The summed E-state index contributed by atoms with van der Waals surface area (Å²) in [5, 5.41) is 2.95. The summed E-state index contributed by atoms with van der Waals surface area (Å²) in [5.41, 5.74) is 1.66. The summed E-state index contributed by atoms with van der Waals surface area (Å²) in [6, 6.07) is 18.9. The first-order valence-corrected chi connectivity index (χ1v) is 10.3. The first-order valence-electron chi connectivity index (χ1n) is 10.3. The summed E-state index contributed by atoms with van der Waals surface area (Å²) < 4.78 is 5.40. The highest BCUT2D eigenvalue weighted by Gasteiger charge is 2.53. The molecule has 2 aromatic carbocycles. The fourth-order valence-corrected chi connectivity index (χ4v) is 3.91. The summed E-state index contributed by atoms with van der Waals surface area (Å²) in [4.78, 5) is 27.4. The maximum Gasteiger partial charge on any atom is 0.407 e. The van der Waals surface area contributed by atoms with Gasteiger partial charge < -0.3 is 15.0 Å². The van der Waals surface area contributed by atoms with Crippen molar-refractivity contribution in [3.05, 3.63) is 84.4 Å². The summed E-state index contributed by atoms with van der Waals surface area (Å²) >= 11 is 0. The number of carbonyl (C=O) groups excluding carboxylic acids is 2. The Morgan fingerprint density at radius 1 is 1.10 bits per heavy atom. The zero-order valence-corrected chi connectivity index (χ0v) is 17.9. The SMILES string of the molecule is C=C[C@H]1[C@H]([C@@H](NC(=O)OCc2ccccc2)C(C)(C)C)C(=O)N1Cc1ccccc1. The predicted octanol–water partition coefficient (Wildman–Crippen LogP) is 4.54. The summed E-state index contributed by atoms with van der Waals surface area (Å²) in [6.45, 7) is 10.7. The van der Waals surface area contributed by atoms with Gasteiger partial charge in [0.25, 0.3) is 0 Å². The van der Waals surface area contributed by atoms with Crippen molar-refractivity contribution in [1.82, 2.24) is 10.2 Å². The molecule has 3 atom stereocenters. The van der Waals surface area contributed by atoms with E-state index in [1.165, 1.54) is 0 Å². The van der Waals surface area contributed by atoms with Crippen LogP contribution in [0, 0.1) is 11.3 Å². The van der Waals surface area contributed by atoms with Crippen LogP contribution in [0.1, 0.15) is 31.9 Å². The molecule has 30 heavy (non-hydrogen) atoms. The van der Waals surface area contributed by atoms with Gasteiger partial charge in [-0.15, -0.1) is 6.58 Å². The maximum atomic E-state index is 13.1. The van der Waals surface area contributed by atoms with Gasteiger partial charge in [-0.2, -0.15) is 0 Å². The fourth-order valence-electron chi connectivity index (χ4n) is 3.91. The van der Waals surface area contributed by atoms with Crippen molar-refractivity contribution in [2.45, 2.75) is 46.0 Å². The fraction of sp³-hybridized carbons (Fsp3) is 0.360. The third-order valence-corrected chi connectivity index (χ3v) is 5.51. The number of likely N-dealkylation sites (tertiary alicyclic amines) is 1. The molecule has 158 valence electrons. The number of nitrogens with one attached hydrogen (secondary N) is 1. The molecule has 1 fully saturated rings. The molecule has 0 saturated carbocycles. The molecule has 1 aliphatic heterocycles. The number of alkyl carbamates (subject to hydrolysis) is 1. The van der Waals surface area contributed by atoms with Crippen molar-refractivity contribution in [3.8, 4) is 0 Å². The highest BCUT2D eigenvalue weighted by molar-refractivity contribution is 5.88. The second kappa shape index (κ2) is 9.16. The van der Waals surface area contributed by atoms with Crippen molar-refractivity contribution in [3.63, 3.8) is 0 Å². The van der Waals surface area contributed by atoms with Gasteiger partial charge in [-0.3, -0.25) is 4.79 Å². The lowest BCUT2D eigenvalue weighted by Gasteiger charge is -2.52. The van der Waals surface area contributed by atoms with E-state index >= 15 is 0 Å². The normalized spacial score (nSPS) is 19.6. The first kappa shape index (κ1) is 21.6. The molecule has 0 aromatic heterocycles. The molecule has 2 aromatic rings. The van der Waals surface area contributed by atoms with E-state index in [1.54, 1.807) is 6.08 Å². The average Bonchev–Trinajstić information content (AvgIpc) is 2.73. The van der Waals surface area contributed by atoms with E-state index in [9.17, 15) is 9.59 Å². The van der Waals surface area contributed by atoms with Crippen LogP contribution in [0.4, 0.5) is 4.79 Å². The molecule has 2 amide bonds. The van der Waals surface area contributed by atoms with Gasteiger partial charge in [0.15, 0.2) is 0 Å². The van der Waals surface area contributed by atoms with Crippen molar-refractivity contribution >= 4 is 12.0 Å². The Bertz CT molecular complexity index is 874. The quantitative estimate of drug-likeness (QED) is 0.542. The Hall–Kier alpha value is -3.08. The second-order valence-corrected chi connectivity index (χ2v) is 8.75. The molecule has 1 heterocycles. The molecule has 3 rings (SSSR count). The largest absolute Gasteiger partial charge is 0.445 e. The number of β-lactam (4-membered cyclic amide) rings is 1. The van der Waals surface area contributed by atoms with E-state index < -0.39 is 6.09 Å². The van der Waals surface area contributed by atoms with E-state index in [0.717, 1.165) is 11.1 Å². The highest BCUT2D eigenvalue weighted by Crippen LogP contribution is 2.38. The molecular weight excluding hydrogens is 376 g/mol. The molecule has 0 radical (unpaired) electrons. The number of rotatable bonds is 7. The van der Waals surface area contributed by atoms with E-state index in [4.69, 9.17) is 4.74 Å². The number of nitrogens with zero attached hydrogens (tertiary/aromatic N) is 1. The van der Waals surface area contributed by atoms with Gasteiger partial charge in [0, 0.05) is 6.54 Å². The van der Waals surface area contributed by atoms with E-state index in [2.05, 4.69) is 11.9 Å². The Kier molecular flexibility index (Phi) is 6.60. The molecule has 5 heteroatoms. The van der Waals surface area contributed by atoms with Gasteiger partial charge in [-0.1, -0.05) is 87.5 Å². The van der Waals surface area contributed by atoms with E-state index in [1.807, 2.05) is 86.3 Å². The molecule has 1 aliphatic rings. The van der Waals surface area contributed by atoms with Crippen LogP contribution in [0.5, 0.6) is 0 Å². The van der Waals surface area contributed by atoms with Gasteiger partial charge in [-0.25, -0.2) is 4.79 Å². The first-order chi connectivity index (χ1) is 14.3. The second-order valence-electron chi connectivity index (χ2n) is 8.75. The monoisotopic (exact) mass is 406 g/mol. The Morgan fingerprint density at radius 2 is 1.67 bits per heavy atom. The molecule has 0 spiro atoms. The summed E-state index contributed by atoms with van der Waals surface area (Å²) in [7, 11) is 0. The predicted molar refractivity (Wildman–Crippen MR) is 117 cm³/mol. The van der Waals surface area contributed by atoms with Crippen molar-refractivity contribution in [2.75, 3.05) is 0 Å². The van der Waals surface area contributed by atoms with Gasteiger partial charge in [-0.05, 0) is 16.5 Å². The lowest BCUT2D eigenvalue weighted by atomic mass is 9.70. The number of benzene rings is 2. The molecule has 1 N–H and O–H groups in total. The zero-order chi connectivity index (χ0) is 21.7. The number of carbonyl (C=O) groups is 2. The molecule has 0 bridgehead atoms. The zero-order valence-electron chi connectivity index (χ0n) is 17.9. The number of hydrogen-bond acceptors (Lipinski definition) is 3. The van der Waals surface area contributed by atoms with Crippen LogP contribution >= 0.6 is 0 Å². The Labute approximate surface area is 178 Å². The van der Waals surface area contributed by atoms with Crippen LogP contribution in [0.15, 0.2) is 73.3 Å². The third kappa shape index (κ3) is 4.90. The molecule has 0 aliphatic carbocycles. The molecule has 0 unspecified atom stereocenters. The van der Waals surface area contributed by atoms with E-state index in [0.29, 0.717) is 6.54 Å². The Morgan fingerprint density at radius 3 is 2.20 bits per heavy atom. The van der Waals surface area contributed by atoms with Gasteiger partial charge >= 0.3 is 6.09 Å². The van der Waals surface area contributed by atoms with E-state index in [-0.39, 0.29) is 35.9 Å². The lowest BCUT2D eigenvalue weighted by Crippen LogP contribution is -2.68. The molecule has 1 saturated heterocycles. The maximum absolute atomic E-state index is 13.1. The van der Waals surface area contributed by atoms with Crippen LogP contribution in [0.2, 0.25) is 0 Å². The van der Waals surface area contributed by atoms with Crippen LogP contribution in [-0.4, -0.2) is 29.0 Å². The van der Waals surface area contributed by atoms with Crippen molar-refractivity contribution in [2.24, 2.45) is 11.3 Å². The number of hydrogen-bond donors (Lipinski definition) is 1. The molecular formula is C25H30N2O3. The topological polar surface area (TPSA) is 58.6 Å². The van der Waals surface area contributed by atoms with Gasteiger partial charge in [0.1, 0.15) is 6.61 Å². The molecule has 5 nitrogen and oxygen atoms in total. The number of amides is 2. The minimum absolute atomic E-state index is 0.0204. The third-order valence-electron chi connectivity index (χ3n) is 5.51. The number of ether oxygens (including phenoxy) is 1. The highest BCUT2D eigenvalue weighted by atomic mass is 16.5. The smallest absolute Gasteiger partial charge is 0.407 e. The lowest BCUT2D eigenvalue weighted by molar-refractivity contribution is -0.158. The van der Waals surface area contributed by atoms with Crippen LogP contribution in [-0.2, 0) is 22.7 Å². The van der Waals surface area contributed by atoms with Gasteiger partial charge in [0.05, 0.1) is 18.0 Å². The Balaban J connectivity index is 1.68.